The molecule has 0 unspecified atom stereocenters. The Morgan fingerprint density at radius 2 is 1.30 bits per heavy atom. The van der Waals surface area contributed by atoms with Crippen molar-refractivity contribution < 1.29 is 4.74 Å². The third-order valence-corrected chi connectivity index (χ3v) is 5.58. The van der Waals surface area contributed by atoms with Crippen LogP contribution < -0.4 is 0 Å². The lowest BCUT2D eigenvalue weighted by Gasteiger charge is -2.26. The number of rotatable bonds is 5. The molecule has 0 spiro atoms. The van der Waals surface area contributed by atoms with Crippen LogP contribution in [0.1, 0.15) is 71.6 Å². The third kappa shape index (κ3) is 6.96. The quantitative estimate of drug-likeness (QED) is 0.573. The monoisotopic (exact) mass is 314 g/mol. The van der Waals surface area contributed by atoms with E-state index in [0.29, 0.717) is 12.0 Å². The average Bonchev–Trinajstić information content (AvgIpc) is 2.60. The van der Waals surface area contributed by atoms with Gasteiger partial charge in [0.15, 0.2) is 0 Å². The summed E-state index contributed by atoms with van der Waals surface area (Å²) in [7, 11) is 0. The molecule has 1 nitrogen and oxygen atoms in total. The van der Waals surface area contributed by atoms with Crippen LogP contribution in [0.2, 0.25) is 0 Å². The predicted octanol–water partition coefficient (Wildman–Crippen LogP) is 5.91. The molecule has 2 rings (SSSR count). The Kier molecular flexibility index (Phi) is 8.54. The van der Waals surface area contributed by atoms with Crippen molar-refractivity contribution in [2.24, 2.45) is 17.8 Å². The van der Waals surface area contributed by atoms with Gasteiger partial charge in [-0.05, 0) is 88.2 Å². The van der Waals surface area contributed by atoms with Gasteiger partial charge in [0.1, 0.15) is 0 Å². The highest BCUT2D eigenvalue weighted by atomic mass is 16.5. The van der Waals surface area contributed by atoms with Gasteiger partial charge in [0, 0.05) is 6.61 Å². The lowest BCUT2D eigenvalue weighted by molar-refractivity contribution is 0.0302. The Morgan fingerprint density at radius 1 is 0.783 bits per heavy atom. The summed E-state index contributed by atoms with van der Waals surface area (Å²) in [6, 6.07) is 0. The van der Waals surface area contributed by atoms with E-state index >= 15 is 0 Å². The zero-order chi connectivity index (χ0) is 16.3. The highest BCUT2D eigenvalue weighted by molar-refractivity contribution is 5.24. The molecule has 0 N–H and O–H groups in total. The van der Waals surface area contributed by atoms with Crippen LogP contribution >= 0.6 is 0 Å². The Hall–Kier alpha value is -1.00. The summed E-state index contributed by atoms with van der Waals surface area (Å²) in [5, 5.41) is 0. The third-order valence-electron chi connectivity index (χ3n) is 5.58. The Bertz CT molecular complexity index is 421. The molecular weight excluding hydrogens is 280 g/mol. The second-order valence-electron chi connectivity index (χ2n) is 7.19. The van der Waals surface area contributed by atoms with Crippen LogP contribution in [0.25, 0.3) is 0 Å². The van der Waals surface area contributed by atoms with Crippen LogP contribution in [0, 0.1) is 29.6 Å². The average molecular weight is 315 g/mol. The molecule has 0 radical (unpaired) electrons. The van der Waals surface area contributed by atoms with E-state index in [0.717, 1.165) is 18.4 Å². The summed E-state index contributed by atoms with van der Waals surface area (Å²) in [4.78, 5) is 0. The van der Waals surface area contributed by atoms with Crippen molar-refractivity contribution in [2.45, 2.75) is 77.7 Å². The number of allylic oxidation sites excluding steroid dienone is 4. The maximum absolute atomic E-state index is 5.70. The van der Waals surface area contributed by atoms with E-state index < -0.39 is 0 Å². The van der Waals surface area contributed by atoms with E-state index in [1.165, 1.54) is 57.8 Å². The molecule has 1 heteroatoms. The molecular formula is C22H34O. The summed E-state index contributed by atoms with van der Waals surface area (Å²) in [5.74, 6) is 8.81. The zero-order valence-corrected chi connectivity index (χ0v) is 15.1. The first-order chi connectivity index (χ1) is 11.3. The Balaban J connectivity index is 1.63. The first-order valence-electron chi connectivity index (χ1n) is 9.77. The van der Waals surface area contributed by atoms with Crippen LogP contribution in [0.15, 0.2) is 24.3 Å². The van der Waals surface area contributed by atoms with Crippen molar-refractivity contribution >= 4 is 0 Å². The fraction of sp³-hybridized carbons (Fsp3) is 0.727. The molecule has 0 amide bonds. The summed E-state index contributed by atoms with van der Waals surface area (Å²) in [6.07, 6.45) is 21.1. The Morgan fingerprint density at radius 3 is 1.78 bits per heavy atom. The summed E-state index contributed by atoms with van der Waals surface area (Å²) in [6.45, 7) is 5.26. The highest BCUT2D eigenvalue weighted by Gasteiger charge is 2.19. The summed E-state index contributed by atoms with van der Waals surface area (Å²) in [5.41, 5.74) is 0. The highest BCUT2D eigenvalue weighted by Crippen LogP contribution is 2.31. The lowest BCUT2D eigenvalue weighted by Crippen LogP contribution is -2.20. The molecule has 0 saturated heterocycles. The second-order valence-corrected chi connectivity index (χ2v) is 7.19. The minimum absolute atomic E-state index is 0.501. The zero-order valence-electron chi connectivity index (χ0n) is 15.1. The molecule has 0 aliphatic heterocycles. The van der Waals surface area contributed by atoms with Crippen LogP contribution in [0.3, 0.4) is 0 Å². The first kappa shape index (κ1) is 18.3. The Labute approximate surface area is 143 Å². The molecule has 128 valence electrons. The fourth-order valence-corrected chi connectivity index (χ4v) is 3.94. The molecule has 0 bridgehead atoms. The van der Waals surface area contributed by atoms with Gasteiger partial charge < -0.3 is 4.74 Å². The molecule has 2 aliphatic carbocycles. The van der Waals surface area contributed by atoms with Crippen LogP contribution in [-0.4, -0.2) is 12.7 Å². The predicted molar refractivity (Wildman–Crippen MR) is 99.2 cm³/mol. The van der Waals surface area contributed by atoms with Gasteiger partial charge in [-0.15, -0.1) is 0 Å². The van der Waals surface area contributed by atoms with Crippen molar-refractivity contribution in [3.63, 3.8) is 0 Å². The van der Waals surface area contributed by atoms with Crippen molar-refractivity contribution in [3.8, 4) is 11.8 Å². The SMILES string of the molecule is CCO[C@H]1CC[C@H](/C=C/C#C/C=C/[C@H]2CC[C@H](CC)CC2)CC1. The van der Waals surface area contributed by atoms with E-state index in [2.05, 4.69) is 50.0 Å². The fourth-order valence-electron chi connectivity index (χ4n) is 3.94. The minimum atomic E-state index is 0.501. The van der Waals surface area contributed by atoms with Crippen LogP contribution in [0.5, 0.6) is 0 Å². The van der Waals surface area contributed by atoms with E-state index in [9.17, 15) is 0 Å². The molecule has 2 aliphatic rings. The maximum Gasteiger partial charge on any atom is 0.0575 e. The van der Waals surface area contributed by atoms with Gasteiger partial charge in [-0.2, -0.15) is 0 Å². The largest absolute Gasteiger partial charge is 0.379 e. The van der Waals surface area contributed by atoms with E-state index in [4.69, 9.17) is 4.74 Å². The van der Waals surface area contributed by atoms with Crippen molar-refractivity contribution in [1.29, 1.82) is 0 Å². The molecule has 0 atom stereocenters. The molecule has 2 saturated carbocycles. The topological polar surface area (TPSA) is 9.23 Å². The smallest absolute Gasteiger partial charge is 0.0575 e. The van der Waals surface area contributed by atoms with Gasteiger partial charge in [-0.25, -0.2) is 0 Å². The molecule has 0 aromatic heterocycles. The summed E-state index contributed by atoms with van der Waals surface area (Å²) >= 11 is 0. The first-order valence-corrected chi connectivity index (χ1v) is 9.77. The van der Waals surface area contributed by atoms with Gasteiger partial charge in [-0.1, -0.05) is 37.3 Å². The van der Waals surface area contributed by atoms with E-state index in [1.54, 1.807) is 0 Å². The van der Waals surface area contributed by atoms with E-state index in [-0.39, 0.29) is 0 Å². The van der Waals surface area contributed by atoms with Crippen molar-refractivity contribution in [3.05, 3.63) is 24.3 Å². The number of ether oxygens (including phenoxy) is 1. The van der Waals surface area contributed by atoms with Gasteiger partial charge in [0.05, 0.1) is 6.10 Å². The van der Waals surface area contributed by atoms with Gasteiger partial charge >= 0.3 is 0 Å². The molecule has 0 aromatic rings. The van der Waals surface area contributed by atoms with Crippen LogP contribution in [0.4, 0.5) is 0 Å². The second kappa shape index (κ2) is 10.7. The molecule has 23 heavy (non-hydrogen) atoms. The minimum Gasteiger partial charge on any atom is -0.379 e. The standard InChI is InChI=1S/C22H34O/c1-3-19-11-13-20(14-12-19)9-7-5-6-8-10-21-15-17-22(18-16-21)23-4-2/h7-10,19-22H,3-4,11-18H2,1-2H3/b9-7+,10-8+/t19-,20-,21-,22-. The van der Waals surface area contributed by atoms with Crippen molar-refractivity contribution in [2.75, 3.05) is 6.61 Å². The molecule has 0 aromatic carbocycles. The maximum atomic E-state index is 5.70. The number of hydrogen-bond donors (Lipinski definition) is 0. The van der Waals surface area contributed by atoms with Gasteiger partial charge in [0.25, 0.3) is 0 Å². The normalized spacial score (nSPS) is 32.1. The number of hydrogen-bond acceptors (Lipinski definition) is 1. The summed E-state index contributed by atoms with van der Waals surface area (Å²) < 4.78 is 5.70. The molecule has 0 heterocycles. The van der Waals surface area contributed by atoms with Gasteiger partial charge in [0.2, 0.25) is 0 Å². The van der Waals surface area contributed by atoms with Gasteiger partial charge in [-0.3, -0.25) is 0 Å². The van der Waals surface area contributed by atoms with E-state index in [1.807, 2.05) is 0 Å². The lowest BCUT2D eigenvalue weighted by atomic mass is 9.81. The molecule has 2 fully saturated rings. The van der Waals surface area contributed by atoms with Crippen LogP contribution in [-0.2, 0) is 4.74 Å². The van der Waals surface area contributed by atoms with Crippen molar-refractivity contribution in [1.82, 2.24) is 0 Å².